The summed E-state index contributed by atoms with van der Waals surface area (Å²) in [5.74, 6) is 0.222. The minimum Gasteiger partial charge on any atom is -0.469 e. The highest BCUT2D eigenvalue weighted by molar-refractivity contribution is 5.87. The first kappa shape index (κ1) is 34.2. The fourth-order valence-electron chi connectivity index (χ4n) is 8.43. The first-order chi connectivity index (χ1) is 21.9. The Balaban J connectivity index is 1.11. The molecule has 0 aromatic carbocycles. The molecule has 5 heterocycles. The van der Waals surface area contributed by atoms with Crippen LogP contribution in [0.25, 0.3) is 0 Å². The molecule has 1 unspecified atom stereocenters. The van der Waals surface area contributed by atoms with Crippen LogP contribution in [0.2, 0.25) is 0 Å². The third-order valence-corrected chi connectivity index (χ3v) is 10.8. The maximum absolute atomic E-state index is 13.9. The van der Waals surface area contributed by atoms with E-state index < -0.39 is 17.4 Å². The highest BCUT2D eigenvalue weighted by atomic mass is 16.6. The molecule has 9 nitrogen and oxygen atoms in total. The van der Waals surface area contributed by atoms with E-state index in [1.807, 2.05) is 0 Å². The number of ether oxygens (including phenoxy) is 4. The molecule has 5 aliphatic rings. The lowest BCUT2D eigenvalue weighted by molar-refractivity contribution is -0.194. The van der Waals surface area contributed by atoms with Crippen LogP contribution in [0.5, 0.6) is 0 Å². The molecule has 0 aliphatic carbocycles. The third-order valence-electron chi connectivity index (χ3n) is 10.8. The average Bonchev–Trinajstić information content (AvgIpc) is 3.33. The van der Waals surface area contributed by atoms with Gasteiger partial charge in [-0.2, -0.15) is 0 Å². The number of guanidine groups is 1. The summed E-state index contributed by atoms with van der Waals surface area (Å²) in [5, 5.41) is 3.79. The average molecular weight is 630 g/mol. The standard InChI is InChI=1S/C36H59N3O6/c1-4-29-19-14-15-23-35(45-29)26-28-21-22-30-32(36(24-17-18-27(2)44-36)38-34(37-35)39(28)30)33(41)43-25-16-12-10-8-6-5-7-9-11-13-20-31(40)42-3/h14,19,27-30,32H,4-13,15-18,20-26H2,1-3H3,(H,37,38)/t27-,28+,29+,30-,32?,35+,36-/m1/s1. The molecule has 1 N–H and O–H groups in total. The number of nitrogens with one attached hydrogen (secondary N) is 1. The highest BCUT2D eigenvalue weighted by Gasteiger charge is 2.62. The van der Waals surface area contributed by atoms with Crippen molar-refractivity contribution in [1.29, 1.82) is 0 Å². The van der Waals surface area contributed by atoms with Gasteiger partial charge in [-0.25, -0.2) is 4.99 Å². The lowest BCUT2D eigenvalue weighted by atomic mass is 9.80. The van der Waals surface area contributed by atoms with Gasteiger partial charge in [0.25, 0.3) is 0 Å². The Hall–Kier alpha value is -2.13. The molecule has 0 aromatic rings. The highest BCUT2D eigenvalue weighted by Crippen LogP contribution is 2.50. The molecule has 0 radical (unpaired) electrons. The van der Waals surface area contributed by atoms with Crippen molar-refractivity contribution in [3.05, 3.63) is 12.2 Å². The predicted octanol–water partition coefficient (Wildman–Crippen LogP) is 6.93. The molecular weight excluding hydrogens is 570 g/mol. The number of rotatable bonds is 15. The quantitative estimate of drug-likeness (QED) is 0.118. The maximum Gasteiger partial charge on any atom is 0.316 e. The Morgan fingerprint density at radius 3 is 2.44 bits per heavy atom. The molecule has 0 amide bonds. The summed E-state index contributed by atoms with van der Waals surface area (Å²) in [6.45, 7) is 4.76. The molecule has 5 rings (SSSR count). The summed E-state index contributed by atoms with van der Waals surface area (Å²) < 4.78 is 24.2. The Labute approximate surface area is 271 Å². The lowest BCUT2D eigenvalue weighted by Crippen LogP contribution is -2.71. The Kier molecular flexibility index (Phi) is 12.3. The van der Waals surface area contributed by atoms with Crippen molar-refractivity contribution < 1.29 is 28.5 Å². The summed E-state index contributed by atoms with van der Waals surface area (Å²) in [6.07, 6.45) is 24.9. The van der Waals surface area contributed by atoms with Crippen LogP contribution in [0.15, 0.2) is 17.1 Å². The van der Waals surface area contributed by atoms with Crippen LogP contribution in [0.4, 0.5) is 0 Å². The molecule has 0 bridgehead atoms. The molecular formula is C36H59N3O6. The van der Waals surface area contributed by atoms with Crippen LogP contribution in [-0.4, -0.2) is 72.3 Å². The number of nitrogens with zero attached hydrogens (tertiary/aromatic N) is 2. The summed E-state index contributed by atoms with van der Waals surface area (Å²) >= 11 is 0. The van der Waals surface area contributed by atoms with Gasteiger partial charge in [0, 0.05) is 18.9 Å². The zero-order valence-electron chi connectivity index (χ0n) is 28.2. The van der Waals surface area contributed by atoms with Crippen molar-refractivity contribution in [2.75, 3.05) is 13.7 Å². The van der Waals surface area contributed by atoms with Crippen molar-refractivity contribution in [3.8, 4) is 0 Å². The second-order valence-electron chi connectivity index (χ2n) is 14.2. The molecule has 0 saturated carbocycles. The van der Waals surface area contributed by atoms with Gasteiger partial charge >= 0.3 is 11.9 Å². The van der Waals surface area contributed by atoms with E-state index in [2.05, 4.69) is 36.2 Å². The number of unbranched alkanes of at least 4 members (excludes halogenated alkanes) is 9. The van der Waals surface area contributed by atoms with Gasteiger partial charge in [0.1, 0.15) is 11.6 Å². The third kappa shape index (κ3) is 8.43. The van der Waals surface area contributed by atoms with E-state index in [1.165, 1.54) is 45.6 Å². The first-order valence-corrected chi connectivity index (χ1v) is 18.3. The molecule has 3 saturated heterocycles. The van der Waals surface area contributed by atoms with Gasteiger partial charge in [-0.05, 0) is 71.1 Å². The predicted molar refractivity (Wildman–Crippen MR) is 174 cm³/mol. The number of aliphatic imine (C=N–C) groups is 1. The van der Waals surface area contributed by atoms with Crippen molar-refractivity contribution in [2.24, 2.45) is 10.9 Å². The molecule has 5 aliphatic heterocycles. The summed E-state index contributed by atoms with van der Waals surface area (Å²) in [4.78, 5) is 32.8. The molecule has 2 spiro atoms. The van der Waals surface area contributed by atoms with E-state index >= 15 is 0 Å². The zero-order valence-corrected chi connectivity index (χ0v) is 28.2. The number of esters is 2. The molecule has 0 aromatic heterocycles. The van der Waals surface area contributed by atoms with Crippen LogP contribution in [0.1, 0.15) is 142 Å². The Bertz CT molecular complexity index is 1050. The van der Waals surface area contributed by atoms with Gasteiger partial charge < -0.3 is 29.2 Å². The van der Waals surface area contributed by atoms with Crippen LogP contribution in [0, 0.1) is 5.92 Å². The molecule has 7 atom stereocenters. The molecule has 254 valence electrons. The summed E-state index contributed by atoms with van der Waals surface area (Å²) in [6, 6.07) is 0.343. The van der Waals surface area contributed by atoms with Gasteiger partial charge in [0.15, 0.2) is 11.7 Å². The minimum absolute atomic E-state index is 0.0384. The number of allylic oxidation sites excluding steroid dienone is 1. The van der Waals surface area contributed by atoms with E-state index in [4.69, 9.17) is 23.9 Å². The van der Waals surface area contributed by atoms with Gasteiger partial charge in [0.2, 0.25) is 0 Å². The normalized spacial score (nSPS) is 33.8. The number of hydrogen-bond acceptors (Lipinski definition) is 9. The largest absolute Gasteiger partial charge is 0.469 e. The lowest BCUT2D eigenvalue weighted by Gasteiger charge is -2.55. The maximum atomic E-state index is 13.9. The second kappa shape index (κ2) is 16.1. The summed E-state index contributed by atoms with van der Waals surface area (Å²) in [7, 11) is 1.45. The van der Waals surface area contributed by atoms with Crippen molar-refractivity contribution in [2.45, 2.75) is 178 Å². The second-order valence-corrected chi connectivity index (χ2v) is 14.2. The number of hydrogen-bond donors (Lipinski definition) is 1. The number of carbonyl (C=O) groups excluding carboxylic acids is 2. The Morgan fingerprint density at radius 1 is 1.00 bits per heavy atom. The smallest absolute Gasteiger partial charge is 0.316 e. The fourth-order valence-corrected chi connectivity index (χ4v) is 8.43. The van der Waals surface area contributed by atoms with Crippen molar-refractivity contribution >= 4 is 17.9 Å². The van der Waals surface area contributed by atoms with E-state index in [1.54, 1.807) is 0 Å². The monoisotopic (exact) mass is 629 g/mol. The van der Waals surface area contributed by atoms with Crippen LogP contribution in [-0.2, 0) is 28.5 Å². The number of carbonyl (C=O) groups is 2. The van der Waals surface area contributed by atoms with E-state index in [9.17, 15) is 9.59 Å². The minimum atomic E-state index is -0.877. The van der Waals surface area contributed by atoms with Gasteiger partial charge in [0.05, 0.1) is 32.0 Å². The van der Waals surface area contributed by atoms with Gasteiger partial charge in [-0.15, -0.1) is 0 Å². The molecule has 3 fully saturated rings. The van der Waals surface area contributed by atoms with E-state index in [0.29, 0.717) is 19.1 Å². The molecule has 45 heavy (non-hydrogen) atoms. The van der Waals surface area contributed by atoms with Crippen LogP contribution >= 0.6 is 0 Å². The van der Waals surface area contributed by atoms with Crippen molar-refractivity contribution in [1.82, 2.24) is 10.2 Å². The van der Waals surface area contributed by atoms with Crippen LogP contribution in [0.3, 0.4) is 0 Å². The van der Waals surface area contributed by atoms with Crippen molar-refractivity contribution in [3.63, 3.8) is 0 Å². The summed E-state index contributed by atoms with van der Waals surface area (Å²) in [5.41, 5.74) is -1.31. The van der Waals surface area contributed by atoms with E-state index in [-0.39, 0.29) is 30.2 Å². The number of methoxy groups -OCH3 is 1. The SMILES string of the molecule is CC[C@H]1C=CCC[C@@]2(C[C@@H]3CC[C@@H]4C(C(=O)OCCCCCCCCCCCCC(=O)OC)[C@]5(CCC[C@@H](C)O5)N=C(N2)N34)O1. The van der Waals surface area contributed by atoms with Gasteiger partial charge in [-0.1, -0.05) is 70.4 Å². The fraction of sp³-hybridized carbons (Fsp3) is 0.861. The van der Waals surface area contributed by atoms with Crippen LogP contribution < -0.4 is 5.32 Å². The van der Waals surface area contributed by atoms with E-state index in [0.717, 1.165) is 89.4 Å². The first-order valence-electron chi connectivity index (χ1n) is 18.3. The molecule has 9 heteroatoms. The van der Waals surface area contributed by atoms with Gasteiger partial charge in [-0.3, -0.25) is 9.59 Å². The Morgan fingerprint density at radius 2 is 1.73 bits per heavy atom. The topological polar surface area (TPSA) is 98.7 Å². The zero-order chi connectivity index (χ0) is 31.7.